The van der Waals surface area contributed by atoms with E-state index < -0.39 is 20.5 Å². The highest BCUT2D eigenvalue weighted by molar-refractivity contribution is 7.91. The number of benzene rings is 1. The molecular weight excluding hydrogens is 278 g/mol. The molecule has 0 aliphatic carbocycles. The zero-order chi connectivity index (χ0) is 14.0. The van der Waals surface area contributed by atoms with Gasteiger partial charge >= 0.3 is 5.76 Å². The van der Waals surface area contributed by atoms with E-state index in [1.54, 1.807) is 0 Å². The Morgan fingerprint density at radius 3 is 2.58 bits per heavy atom. The lowest BCUT2D eigenvalue weighted by molar-refractivity contribution is -0.119. The molecule has 1 aromatic carbocycles. The Labute approximate surface area is 108 Å². The molecule has 1 saturated heterocycles. The molecule has 0 bridgehead atoms. The number of rotatable bonds is 4. The summed E-state index contributed by atoms with van der Waals surface area (Å²) in [4.78, 5) is 10.6. The summed E-state index contributed by atoms with van der Waals surface area (Å²) in [6.07, 6.45) is 0.184. The van der Waals surface area contributed by atoms with Crippen molar-refractivity contribution in [2.24, 2.45) is 0 Å². The largest absolute Gasteiger partial charge is 0.379 e. The first-order valence-corrected chi connectivity index (χ1v) is 7.10. The molecule has 1 fully saturated rings. The Morgan fingerprint density at radius 2 is 2.00 bits per heavy atom. The molecule has 1 aliphatic heterocycles. The molecule has 19 heavy (non-hydrogen) atoms. The number of amides is 1. The lowest BCUT2D eigenvalue weighted by atomic mass is 10.2. The fourth-order valence-electron chi connectivity index (χ4n) is 1.86. The molecule has 0 saturated carbocycles. The maximum absolute atomic E-state index is 12.6. The predicted molar refractivity (Wildman–Crippen MR) is 64.7 cm³/mol. The molecule has 0 radical (unpaired) electrons. The second kappa shape index (κ2) is 5.12. The van der Waals surface area contributed by atoms with E-state index in [0.717, 1.165) is 6.07 Å². The predicted octanol–water partition coefficient (Wildman–Crippen LogP) is 0.983. The maximum atomic E-state index is 12.6. The number of hydrogen-bond donors (Lipinski definition) is 2. The van der Waals surface area contributed by atoms with Crippen LogP contribution in [0.4, 0.5) is 14.5 Å². The van der Waals surface area contributed by atoms with Gasteiger partial charge in [-0.25, -0.2) is 8.42 Å². The van der Waals surface area contributed by atoms with Gasteiger partial charge < -0.3 is 10.6 Å². The van der Waals surface area contributed by atoms with Crippen molar-refractivity contribution in [2.75, 3.05) is 11.9 Å². The van der Waals surface area contributed by atoms with Gasteiger partial charge in [-0.1, -0.05) is 12.1 Å². The smallest absolute Gasteiger partial charge is 0.341 e. The number of carbonyl (C=O) groups is 1. The van der Waals surface area contributed by atoms with Crippen LogP contribution in [0.5, 0.6) is 0 Å². The van der Waals surface area contributed by atoms with Crippen molar-refractivity contribution in [2.45, 2.75) is 23.1 Å². The van der Waals surface area contributed by atoms with Gasteiger partial charge in [0.25, 0.3) is 0 Å². The van der Waals surface area contributed by atoms with Crippen LogP contribution in [0.3, 0.4) is 0 Å². The Balaban J connectivity index is 2.29. The Morgan fingerprint density at radius 1 is 1.32 bits per heavy atom. The summed E-state index contributed by atoms with van der Waals surface area (Å²) in [7, 11) is -4.66. The normalized spacial score (nSPS) is 19.5. The Bertz CT molecular complexity index is 589. The molecule has 1 aliphatic rings. The van der Waals surface area contributed by atoms with E-state index in [-0.39, 0.29) is 24.1 Å². The quantitative estimate of drug-likeness (QED) is 0.867. The second-order valence-corrected chi connectivity index (χ2v) is 6.04. The van der Waals surface area contributed by atoms with Gasteiger partial charge in [0.15, 0.2) is 0 Å². The van der Waals surface area contributed by atoms with Crippen molar-refractivity contribution in [1.29, 1.82) is 0 Å². The highest BCUT2D eigenvalue weighted by atomic mass is 32.2. The zero-order valence-corrected chi connectivity index (χ0v) is 10.6. The maximum Gasteiger partial charge on any atom is 0.341 e. The van der Waals surface area contributed by atoms with Crippen LogP contribution >= 0.6 is 0 Å². The van der Waals surface area contributed by atoms with Gasteiger partial charge in [0, 0.05) is 13.0 Å². The fourth-order valence-corrected chi connectivity index (χ4v) is 2.75. The third-order valence-corrected chi connectivity index (χ3v) is 4.20. The second-order valence-electron chi connectivity index (χ2n) is 4.15. The van der Waals surface area contributed by atoms with E-state index in [0.29, 0.717) is 6.54 Å². The van der Waals surface area contributed by atoms with Crippen LogP contribution in [0.25, 0.3) is 0 Å². The topological polar surface area (TPSA) is 75.3 Å². The van der Waals surface area contributed by atoms with Gasteiger partial charge in [-0.15, -0.1) is 0 Å². The van der Waals surface area contributed by atoms with Crippen LogP contribution in [0, 0.1) is 0 Å². The Kier molecular flexibility index (Phi) is 3.70. The number of para-hydroxylation sites is 1. The third-order valence-electron chi connectivity index (χ3n) is 2.77. The van der Waals surface area contributed by atoms with Gasteiger partial charge in [-0.2, -0.15) is 8.78 Å². The highest BCUT2D eigenvalue weighted by Gasteiger charge is 2.30. The number of halogens is 2. The Hall–Kier alpha value is -1.70. The molecule has 104 valence electrons. The summed E-state index contributed by atoms with van der Waals surface area (Å²) in [5.41, 5.74) is 0.0873. The summed E-state index contributed by atoms with van der Waals surface area (Å²) in [5.74, 6) is -3.63. The molecule has 1 unspecified atom stereocenters. The number of anilines is 1. The van der Waals surface area contributed by atoms with Crippen molar-refractivity contribution in [3.63, 3.8) is 0 Å². The molecule has 8 heteroatoms. The van der Waals surface area contributed by atoms with Crippen LogP contribution in [0.1, 0.15) is 6.42 Å². The molecule has 1 heterocycles. The van der Waals surface area contributed by atoms with E-state index in [2.05, 4.69) is 10.6 Å². The molecule has 0 spiro atoms. The first kappa shape index (κ1) is 13.7. The van der Waals surface area contributed by atoms with Crippen molar-refractivity contribution in [3.8, 4) is 0 Å². The molecule has 0 aromatic heterocycles. The lowest BCUT2D eigenvalue weighted by Crippen LogP contribution is -2.24. The highest BCUT2D eigenvalue weighted by Crippen LogP contribution is 2.27. The first-order valence-electron chi connectivity index (χ1n) is 5.55. The summed E-state index contributed by atoms with van der Waals surface area (Å²) in [5, 5.41) is 5.38. The number of hydrogen-bond acceptors (Lipinski definition) is 4. The van der Waals surface area contributed by atoms with Gasteiger partial charge in [-0.05, 0) is 12.1 Å². The number of nitrogens with one attached hydrogen (secondary N) is 2. The van der Waals surface area contributed by atoms with Crippen LogP contribution in [-0.4, -0.2) is 32.7 Å². The van der Waals surface area contributed by atoms with Gasteiger partial charge in [0.05, 0.1) is 16.6 Å². The van der Waals surface area contributed by atoms with E-state index in [9.17, 15) is 22.0 Å². The lowest BCUT2D eigenvalue weighted by Gasteiger charge is -2.15. The third kappa shape index (κ3) is 2.83. The average Bonchev–Trinajstić information content (AvgIpc) is 2.75. The summed E-state index contributed by atoms with van der Waals surface area (Å²) in [6.45, 7) is 0.335. The minimum absolute atomic E-state index is 0.0873. The molecular formula is C11H12F2N2O3S. The van der Waals surface area contributed by atoms with Crippen LogP contribution in [0.15, 0.2) is 29.2 Å². The monoisotopic (exact) mass is 290 g/mol. The van der Waals surface area contributed by atoms with Crippen molar-refractivity contribution >= 4 is 21.4 Å². The van der Waals surface area contributed by atoms with Gasteiger partial charge in [-0.3, -0.25) is 4.79 Å². The SMILES string of the molecule is O=C1CC(Nc2ccccc2S(=O)(=O)C(F)F)CN1. The first-order chi connectivity index (χ1) is 8.91. The molecule has 1 amide bonds. The van der Waals surface area contributed by atoms with Gasteiger partial charge in [0.1, 0.15) is 0 Å². The van der Waals surface area contributed by atoms with Crippen LogP contribution in [-0.2, 0) is 14.6 Å². The number of sulfone groups is 1. The summed E-state index contributed by atoms with van der Waals surface area (Å²) >= 11 is 0. The minimum Gasteiger partial charge on any atom is -0.379 e. The van der Waals surface area contributed by atoms with Crippen LogP contribution < -0.4 is 10.6 Å². The standard InChI is InChI=1S/C11H12F2N2O3S/c12-11(13)19(17,18)9-4-2-1-3-8(9)15-7-5-10(16)14-6-7/h1-4,7,11,15H,5-6H2,(H,14,16). The molecule has 2 rings (SSSR count). The molecule has 1 atom stereocenters. The minimum atomic E-state index is -4.66. The van der Waals surface area contributed by atoms with E-state index in [4.69, 9.17) is 0 Å². The number of alkyl halides is 2. The average molecular weight is 290 g/mol. The van der Waals surface area contributed by atoms with E-state index in [1.165, 1.54) is 18.2 Å². The van der Waals surface area contributed by atoms with Gasteiger partial charge in [0.2, 0.25) is 15.7 Å². The van der Waals surface area contributed by atoms with Crippen LogP contribution in [0.2, 0.25) is 0 Å². The van der Waals surface area contributed by atoms with Crippen molar-refractivity contribution in [1.82, 2.24) is 5.32 Å². The van der Waals surface area contributed by atoms with E-state index in [1.807, 2.05) is 0 Å². The van der Waals surface area contributed by atoms with Crippen molar-refractivity contribution < 1.29 is 22.0 Å². The molecule has 2 N–H and O–H groups in total. The summed E-state index contributed by atoms with van der Waals surface area (Å²) in [6, 6.07) is 5.13. The van der Waals surface area contributed by atoms with E-state index >= 15 is 0 Å². The fraction of sp³-hybridized carbons (Fsp3) is 0.364. The summed E-state index contributed by atoms with van der Waals surface area (Å²) < 4.78 is 48.2. The molecule has 1 aromatic rings. The zero-order valence-electron chi connectivity index (χ0n) is 9.77. The van der Waals surface area contributed by atoms with Crippen molar-refractivity contribution in [3.05, 3.63) is 24.3 Å². The number of carbonyl (C=O) groups excluding carboxylic acids is 1. The molecule has 5 nitrogen and oxygen atoms in total.